The van der Waals surface area contributed by atoms with E-state index in [0.29, 0.717) is 32.9 Å². The molecule has 0 aliphatic carbocycles. The van der Waals surface area contributed by atoms with Crippen molar-refractivity contribution in [2.24, 2.45) is 0 Å². The van der Waals surface area contributed by atoms with Crippen LogP contribution in [0.25, 0.3) is 6.08 Å². The predicted octanol–water partition coefficient (Wildman–Crippen LogP) is 5.99. The number of rotatable bonds is 4. The molecule has 150 valence electrons. The highest BCUT2D eigenvalue weighted by Crippen LogP contribution is 2.36. The molecule has 2 aromatic rings. The van der Waals surface area contributed by atoms with Crippen LogP contribution in [-0.4, -0.2) is 19.0 Å². The van der Waals surface area contributed by atoms with Crippen LogP contribution in [-0.2, 0) is 14.3 Å². The first-order valence-corrected chi connectivity index (χ1v) is 9.91. The van der Waals surface area contributed by atoms with Crippen LogP contribution in [0.15, 0.2) is 59.3 Å². The number of allylic oxidation sites excluding steroid dienone is 1. The number of carbonyl (C=O) groups excluding carboxylic acids is 2. The van der Waals surface area contributed by atoms with E-state index in [0.717, 1.165) is 0 Å². The lowest BCUT2D eigenvalue weighted by Crippen LogP contribution is -2.24. The Morgan fingerprint density at radius 3 is 2.28 bits per heavy atom. The fourth-order valence-electron chi connectivity index (χ4n) is 3.27. The van der Waals surface area contributed by atoms with E-state index in [2.05, 4.69) is 13.8 Å². The highest BCUT2D eigenvalue weighted by molar-refractivity contribution is 6.42. The maximum Gasteiger partial charge on any atom is 0.340 e. The van der Waals surface area contributed by atoms with Gasteiger partial charge in [0.2, 0.25) is 0 Å². The second-order valence-electron chi connectivity index (χ2n) is 7.07. The summed E-state index contributed by atoms with van der Waals surface area (Å²) < 4.78 is 4.93. The van der Waals surface area contributed by atoms with Crippen LogP contribution < -0.4 is 4.90 Å². The molecular weight excluding hydrogens is 409 g/mol. The van der Waals surface area contributed by atoms with Gasteiger partial charge in [-0.25, -0.2) is 4.79 Å². The minimum atomic E-state index is -0.566. The Morgan fingerprint density at radius 2 is 1.72 bits per heavy atom. The van der Waals surface area contributed by atoms with Crippen molar-refractivity contribution in [2.45, 2.75) is 26.7 Å². The molecule has 2 aromatic carbocycles. The number of amides is 1. The first kappa shape index (κ1) is 21.2. The molecule has 1 aliphatic rings. The molecule has 0 saturated carbocycles. The summed E-state index contributed by atoms with van der Waals surface area (Å²) in [6.07, 6.45) is 1.63. The summed E-state index contributed by atoms with van der Waals surface area (Å²) in [5.74, 6) is -0.486. The van der Waals surface area contributed by atoms with Crippen LogP contribution in [0.2, 0.25) is 10.0 Å². The van der Waals surface area contributed by atoms with Crippen molar-refractivity contribution in [2.75, 3.05) is 12.0 Å². The average Bonchev–Trinajstić information content (AvgIpc) is 2.94. The Labute approximate surface area is 180 Å². The first-order valence-electron chi connectivity index (χ1n) is 9.15. The number of benzene rings is 2. The van der Waals surface area contributed by atoms with Gasteiger partial charge in [0, 0.05) is 11.4 Å². The van der Waals surface area contributed by atoms with Crippen molar-refractivity contribution >= 4 is 46.8 Å². The van der Waals surface area contributed by atoms with Gasteiger partial charge in [-0.15, -0.1) is 0 Å². The third-order valence-corrected chi connectivity index (χ3v) is 5.60. The average molecular weight is 430 g/mol. The predicted molar refractivity (Wildman–Crippen MR) is 117 cm³/mol. The van der Waals surface area contributed by atoms with E-state index in [1.54, 1.807) is 31.2 Å². The van der Waals surface area contributed by atoms with E-state index in [1.807, 2.05) is 24.3 Å². The third kappa shape index (κ3) is 4.09. The zero-order chi connectivity index (χ0) is 21.3. The monoisotopic (exact) mass is 429 g/mol. The van der Waals surface area contributed by atoms with Gasteiger partial charge in [0.25, 0.3) is 5.91 Å². The van der Waals surface area contributed by atoms with E-state index in [1.165, 1.54) is 17.6 Å². The standard InChI is InChI=1S/C23H21Cl2NO3/c1-13(2)16-6-8-17(9-7-16)26-14(3)21(23(28)29-4)18(22(26)27)11-15-5-10-19(24)20(25)12-15/h5-13H,1-4H3. The Morgan fingerprint density at radius 1 is 1.07 bits per heavy atom. The van der Waals surface area contributed by atoms with E-state index in [9.17, 15) is 9.59 Å². The molecule has 0 aromatic heterocycles. The van der Waals surface area contributed by atoms with Gasteiger partial charge in [0.05, 0.1) is 28.3 Å². The summed E-state index contributed by atoms with van der Waals surface area (Å²) in [5, 5.41) is 0.784. The fourth-order valence-corrected chi connectivity index (χ4v) is 3.57. The molecular formula is C23H21Cl2NO3. The van der Waals surface area contributed by atoms with Crippen LogP contribution in [0, 0.1) is 0 Å². The molecule has 1 heterocycles. The SMILES string of the molecule is COC(=O)C1=C(C)N(c2ccc(C(C)C)cc2)C(=O)C1=Cc1ccc(Cl)c(Cl)c1. The highest BCUT2D eigenvalue weighted by Gasteiger charge is 2.37. The van der Waals surface area contributed by atoms with Crippen molar-refractivity contribution < 1.29 is 14.3 Å². The van der Waals surface area contributed by atoms with Crippen molar-refractivity contribution in [1.82, 2.24) is 0 Å². The van der Waals surface area contributed by atoms with E-state index in [-0.39, 0.29) is 17.1 Å². The van der Waals surface area contributed by atoms with Gasteiger partial charge in [-0.2, -0.15) is 0 Å². The number of hydrogen-bond donors (Lipinski definition) is 0. The maximum atomic E-state index is 13.3. The zero-order valence-electron chi connectivity index (χ0n) is 16.6. The maximum absolute atomic E-state index is 13.3. The van der Waals surface area contributed by atoms with Crippen LogP contribution in [0.1, 0.15) is 37.8 Å². The summed E-state index contributed by atoms with van der Waals surface area (Å²) >= 11 is 12.1. The molecule has 0 atom stereocenters. The first-order chi connectivity index (χ1) is 13.7. The van der Waals surface area contributed by atoms with Crippen LogP contribution in [0.3, 0.4) is 0 Å². The minimum absolute atomic E-state index is 0.233. The second kappa shape index (κ2) is 8.44. The summed E-state index contributed by atoms with van der Waals surface area (Å²) in [7, 11) is 1.30. The van der Waals surface area contributed by atoms with Gasteiger partial charge in [-0.1, -0.05) is 55.2 Å². The van der Waals surface area contributed by atoms with Gasteiger partial charge in [-0.05, 0) is 54.3 Å². The molecule has 0 bridgehead atoms. The Bertz CT molecular complexity index is 1040. The van der Waals surface area contributed by atoms with Crippen LogP contribution in [0.5, 0.6) is 0 Å². The van der Waals surface area contributed by atoms with Crippen LogP contribution >= 0.6 is 23.2 Å². The Kier molecular flexibility index (Phi) is 6.15. The number of halogens is 2. The quantitative estimate of drug-likeness (QED) is 0.442. The van der Waals surface area contributed by atoms with Gasteiger partial charge >= 0.3 is 5.97 Å². The molecule has 4 nitrogen and oxygen atoms in total. The second-order valence-corrected chi connectivity index (χ2v) is 7.88. The number of esters is 1. The van der Waals surface area contributed by atoms with Gasteiger partial charge in [0.15, 0.2) is 0 Å². The van der Waals surface area contributed by atoms with Crippen molar-refractivity contribution in [3.8, 4) is 0 Å². The largest absolute Gasteiger partial charge is 0.465 e. The molecule has 3 rings (SSSR count). The van der Waals surface area contributed by atoms with Gasteiger partial charge in [0.1, 0.15) is 0 Å². The zero-order valence-corrected chi connectivity index (χ0v) is 18.1. The normalized spacial score (nSPS) is 15.6. The van der Waals surface area contributed by atoms with E-state index >= 15 is 0 Å². The van der Waals surface area contributed by atoms with Crippen molar-refractivity contribution in [3.05, 3.63) is 80.5 Å². The van der Waals surface area contributed by atoms with Gasteiger partial charge in [-0.3, -0.25) is 9.69 Å². The lowest BCUT2D eigenvalue weighted by Gasteiger charge is -2.19. The summed E-state index contributed by atoms with van der Waals surface area (Å²) in [6, 6.07) is 12.8. The van der Waals surface area contributed by atoms with Crippen molar-refractivity contribution in [3.63, 3.8) is 0 Å². The third-order valence-electron chi connectivity index (χ3n) is 4.86. The highest BCUT2D eigenvalue weighted by atomic mass is 35.5. The van der Waals surface area contributed by atoms with E-state index in [4.69, 9.17) is 27.9 Å². The molecule has 0 fully saturated rings. The fraction of sp³-hybridized carbons (Fsp3) is 0.217. The molecule has 0 N–H and O–H groups in total. The number of carbonyl (C=O) groups is 2. The molecule has 1 aliphatic heterocycles. The topological polar surface area (TPSA) is 46.6 Å². The van der Waals surface area contributed by atoms with Gasteiger partial charge < -0.3 is 4.74 Å². The van der Waals surface area contributed by atoms with E-state index < -0.39 is 5.97 Å². The molecule has 6 heteroatoms. The number of nitrogens with zero attached hydrogens (tertiary/aromatic N) is 1. The lowest BCUT2D eigenvalue weighted by atomic mass is 10.0. The summed E-state index contributed by atoms with van der Waals surface area (Å²) in [4.78, 5) is 27.3. The number of ether oxygens (including phenoxy) is 1. The lowest BCUT2D eigenvalue weighted by molar-refractivity contribution is -0.136. The molecule has 0 spiro atoms. The Hall–Kier alpha value is -2.56. The number of anilines is 1. The number of methoxy groups -OCH3 is 1. The number of hydrogen-bond acceptors (Lipinski definition) is 3. The molecule has 0 saturated heterocycles. The molecule has 1 amide bonds. The smallest absolute Gasteiger partial charge is 0.340 e. The molecule has 0 radical (unpaired) electrons. The van der Waals surface area contributed by atoms with Crippen LogP contribution in [0.4, 0.5) is 5.69 Å². The molecule has 29 heavy (non-hydrogen) atoms. The molecule has 0 unspecified atom stereocenters. The summed E-state index contributed by atoms with van der Waals surface area (Å²) in [6.45, 7) is 5.94. The Balaban J connectivity index is 2.10. The summed E-state index contributed by atoms with van der Waals surface area (Å²) in [5.41, 5.74) is 3.52. The minimum Gasteiger partial charge on any atom is -0.465 e. The van der Waals surface area contributed by atoms with Crippen molar-refractivity contribution in [1.29, 1.82) is 0 Å².